The average Bonchev–Trinajstić information content (AvgIpc) is 2.13. The summed E-state index contributed by atoms with van der Waals surface area (Å²) in [6.45, 7) is 4.33. The van der Waals surface area contributed by atoms with Gasteiger partial charge >= 0.3 is 12.1 Å². The fourth-order valence-corrected chi connectivity index (χ4v) is 1.82. The molecule has 1 aromatic carbocycles. The Morgan fingerprint density at radius 1 is 0.944 bits per heavy atom. The molecule has 0 aliphatic rings. The lowest BCUT2D eigenvalue weighted by atomic mass is 9.93. The third-order valence-corrected chi connectivity index (χ3v) is 2.55. The van der Waals surface area contributed by atoms with Crippen LogP contribution < -0.4 is 0 Å². The maximum atomic E-state index is 13.0. The van der Waals surface area contributed by atoms with Crippen LogP contribution in [0.4, 0.5) is 22.0 Å². The second kappa shape index (κ2) is 4.33. The van der Waals surface area contributed by atoms with Crippen molar-refractivity contribution in [3.05, 3.63) is 34.4 Å². The molecule has 0 aliphatic carbocycles. The van der Waals surface area contributed by atoms with Gasteiger partial charge < -0.3 is 0 Å². The molecule has 0 heterocycles. The van der Waals surface area contributed by atoms with Crippen LogP contribution in [0.25, 0.3) is 0 Å². The van der Waals surface area contributed by atoms with Crippen LogP contribution in [0, 0.1) is 20.8 Å². The molecule has 1 nitrogen and oxygen atoms in total. The topological polar surface area (TPSA) is 17.1 Å². The number of alkyl halides is 5. The van der Waals surface area contributed by atoms with Crippen LogP contribution in [-0.2, 0) is 0 Å². The van der Waals surface area contributed by atoms with Crippen LogP contribution in [0.1, 0.15) is 27.0 Å². The average molecular weight is 266 g/mol. The highest BCUT2D eigenvalue weighted by molar-refractivity contribution is 6.04. The standard InChI is InChI=1S/C12H11F5O/c1-6-4-7(2)9(8(3)5-6)10(18)11(13,14)12(15,16)17/h4-5H,1-3H3. The van der Waals surface area contributed by atoms with Crippen LogP contribution >= 0.6 is 0 Å². The van der Waals surface area contributed by atoms with Crippen LogP contribution in [0.2, 0.25) is 0 Å². The van der Waals surface area contributed by atoms with E-state index in [1.54, 1.807) is 6.92 Å². The highest BCUT2D eigenvalue weighted by Crippen LogP contribution is 2.39. The summed E-state index contributed by atoms with van der Waals surface area (Å²) in [5, 5.41) is 0. The number of ketones is 1. The van der Waals surface area contributed by atoms with Crippen LogP contribution in [-0.4, -0.2) is 17.9 Å². The lowest BCUT2D eigenvalue weighted by Gasteiger charge is -2.20. The first-order valence-corrected chi connectivity index (χ1v) is 5.05. The van der Waals surface area contributed by atoms with Gasteiger partial charge in [0.25, 0.3) is 0 Å². The van der Waals surface area contributed by atoms with Gasteiger partial charge in [0.15, 0.2) is 0 Å². The number of hydrogen-bond acceptors (Lipinski definition) is 1. The number of rotatable bonds is 2. The van der Waals surface area contributed by atoms with Gasteiger partial charge in [-0.25, -0.2) is 0 Å². The number of aryl methyl sites for hydroxylation is 3. The molecule has 1 aromatic rings. The third kappa shape index (κ3) is 2.37. The number of halogens is 5. The van der Waals surface area contributed by atoms with E-state index < -0.39 is 23.4 Å². The van der Waals surface area contributed by atoms with E-state index >= 15 is 0 Å². The molecular formula is C12H11F5O. The Balaban J connectivity index is 3.37. The van der Waals surface area contributed by atoms with Gasteiger partial charge in [-0.2, -0.15) is 22.0 Å². The Kier molecular flexibility index (Phi) is 3.51. The summed E-state index contributed by atoms with van der Waals surface area (Å²) in [5.41, 5.74) is 0.350. The van der Waals surface area contributed by atoms with Crippen molar-refractivity contribution in [2.75, 3.05) is 0 Å². The molecular weight excluding hydrogens is 255 g/mol. The second-order valence-corrected chi connectivity index (χ2v) is 4.17. The van der Waals surface area contributed by atoms with Gasteiger partial charge in [0, 0.05) is 5.56 Å². The third-order valence-electron chi connectivity index (χ3n) is 2.55. The van der Waals surface area contributed by atoms with E-state index in [2.05, 4.69) is 0 Å². The second-order valence-electron chi connectivity index (χ2n) is 4.17. The Hall–Kier alpha value is -1.46. The zero-order valence-corrected chi connectivity index (χ0v) is 9.95. The molecule has 0 aliphatic heterocycles. The maximum absolute atomic E-state index is 13.0. The molecule has 0 N–H and O–H groups in total. The SMILES string of the molecule is Cc1cc(C)c(C(=O)C(F)(F)C(F)(F)F)c(C)c1. The van der Waals surface area contributed by atoms with Crippen LogP contribution in [0.15, 0.2) is 12.1 Å². The van der Waals surface area contributed by atoms with Crippen molar-refractivity contribution in [1.29, 1.82) is 0 Å². The molecule has 0 aromatic heterocycles. The molecule has 1 rings (SSSR count). The molecule has 0 atom stereocenters. The molecule has 0 radical (unpaired) electrons. The smallest absolute Gasteiger partial charge is 0.287 e. The minimum atomic E-state index is -5.88. The van der Waals surface area contributed by atoms with Crippen molar-refractivity contribution in [2.24, 2.45) is 0 Å². The van der Waals surface area contributed by atoms with Crippen molar-refractivity contribution < 1.29 is 26.7 Å². The monoisotopic (exact) mass is 266 g/mol. The zero-order valence-electron chi connectivity index (χ0n) is 9.95. The molecule has 0 saturated heterocycles. The van der Waals surface area contributed by atoms with Gasteiger partial charge in [-0.1, -0.05) is 17.7 Å². The minimum Gasteiger partial charge on any atom is -0.287 e. The normalized spacial score (nSPS) is 12.7. The summed E-state index contributed by atoms with van der Waals surface area (Å²) in [6, 6.07) is 2.79. The summed E-state index contributed by atoms with van der Waals surface area (Å²) >= 11 is 0. The number of benzene rings is 1. The van der Waals surface area contributed by atoms with Crippen molar-refractivity contribution in [3.63, 3.8) is 0 Å². The zero-order chi connectivity index (χ0) is 14.3. The largest absolute Gasteiger partial charge is 0.461 e. The van der Waals surface area contributed by atoms with Gasteiger partial charge in [0.2, 0.25) is 5.78 Å². The number of carbonyl (C=O) groups is 1. The Bertz CT molecular complexity index is 465. The van der Waals surface area contributed by atoms with Crippen molar-refractivity contribution >= 4 is 5.78 Å². The van der Waals surface area contributed by atoms with Crippen molar-refractivity contribution in [1.82, 2.24) is 0 Å². The molecule has 0 saturated carbocycles. The highest BCUT2D eigenvalue weighted by Gasteiger charge is 2.63. The van der Waals surface area contributed by atoms with E-state index in [0.717, 1.165) is 0 Å². The van der Waals surface area contributed by atoms with Gasteiger partial charge in [-0.15, -0.1) is 0 Å². The van der Waals surface area contributed by atoms with Gasteiger partial charge in [0.1, 0.15) is 0 Å². The Morgan fingerprint density at radius 3 is 1.67 bits per heavy atom. The minimum absolute atomic E-state index is 0.112. The quantitative estimate of drug-likeness (QED) is 0.584. The molecule has 18 heavy (non-hydrogen) atoms. The van der Waals surface area contributed by atoms with E-state index in [0.29, 0.717) is 5.56 Å². The summed E-state index contributed by atoms with van der Waals surface area (Å²) in [6.07, 6.45) is -5.88. The van der Waals surface area contributed by atoms with Gasteiger partial charge in [-0.3, -0.25) is 4.79 Å². The molecule has 0 bridgehead atoms. The first-order valence-electron chi connectivity index (χ1n) is 5.05. The molecule has 0 fully saturated rings. The predicted molar refractivity (Wildman–Crippen MR) is 56.0 cm³/mol. The van der Waals surface area contributed by atoms with Crippen LogP contribution in [0.5, 0.6) is 0 Å². The number of Topliss-reactive ketones (excluding diaryl/α,β-unsaturated/α-hetero) is 1. The van der Waals surface area contributed by atoms with Crippen molar-refractivity contribution in [3.8, 4) is 0 Å². The first-order chi connectivity index (χ1) is 7.98. The molecule has 6 heteroatoms. The maximum Gasteiger partial charge on any atom is 0.461 e. The predicted octanol–water partition coefficient (Wildman–Crippen LogP) is 3.99. The van der Waals surface area contributed by atoms with Gasteiger partial charge in [-0.05, 0) is 31.9 Å². The van der Waals surface area contributed by atoms with E-state index in [4.69, 9.17) is 0 Å². The summed E-state index contributed by atoms with van der Waals surface area (Å²) < 4.78 is 62.4. The fraction of sp³-hybridized carbons (Fsp3) is 0.417. The Labute approximate surface area is 101 Å². The first kappa shape index (κ1) is 14.6. The lowest BCUT2D eigenvalue weighted by molar-refractivity contribution is -0.255. The Morgan fingerprint density at radius 2 is 1.33 bits per heavy atom. The summed E-state index contributed by atoms with van der Waals surface area (Å²) in [7, 11) is 0. The van der Waals surface area contributed by atoms with E-state index in [1.165, 1.54) is 26.0 Å². The highest BCUT2D eigenvalue weighted by atomic mass is 19.4. The molecule has 0 amide bonds. The van der Waals surface area contributed by atoms with E-state index in [1.807, 2.05) is 0 Å². The molecule has 0 spiro atoms. The summed E-state index contributed by atoms with van der Waals surface area (Å²) in [4.78, 5) is 11.4. The van der Waals surface area contributed by atoms with Gasteiger partial charge in [0.05, 0.1) is 0 Å². The van der Waals surface area contributed by atoms with E-state index in [9.17, 15) is 26.7 Å². The van der Waals surface area contributed by atoms with Crippen molar-refractivity contribution in [2.45, 2.75) is 32.9 Å². The van der Waals surface area contributed by atoms with E-state index in [-0.39, 0.29) is 11.1 Å². The lowest BCUT2D eigenvalue weighted by Crippen LogP contribution is -2.44. The summed E-state index contributed by atoms with van der Waals surface area (Å²) in [5.74, 6) is -7.57. The number of hydrogen-bond donors (Lipinski definition) is 0. The fourth-order valence-electron chi connectivity index (χ4n) is 1.82. The number of carbonyl (C=O) groups excluding carboxylic acids is 1. The molecule has 100 valence electrons. The van der Waals surface area contributed by atoms with Crippen LogP contribution in [0.3, 0.4) is 0 Å². The molecule has 0 unspecified atom stereocenters.